The van der Waals surface area contributed by atoms with Crippen molar-refractivity contribution in [1.82, 2.24) is 4.98 Å². The predicted octanol–water partition coefficient (Wildman–Crippen LogP) is -0.190. The van der Waals surface area contributed by atoms with Crippen LogP contribution in [0.15, 0.2) is 18.5 Å². The lowest BCUT2D eigenvalue weighted by Gasteiger charge is -2.03. The summed E-state index contributed by atoms with van der Waals surface area (Å²) >= 11 is 0. The molecule has 1 aromatic heterocycles. The van der Waals surface area contributed by atoms with Crippen LogP contribution in [0.5, 0.6) is 5.75 Å². The van der Waals surface area contributed by atoms with E-state index >= 15 is 0 Å². The molecule has 14 heavy (non-hydrogen) atoms. The Balaban J connectivity index is 2.68. The van der Waals surface area contributed by atoms with Crippen molar-refractivity contribution in [3.63, 3.8) is 0 Å². The fourth-order valence-corrected chi connectivity index (χ4v) is 1.10. The van der Waals surface area contributed by atoms with Gasteiger partial charge in [0, 0.05) is 11.8 Å². The molecule has 0 saturated carbocycles. The van der Waals surface area contributed by atoms with E-state index in [4.69, 9.17) is 4.74 Å². The van der Waals surface area contributed by atoms with Crippen LogP contribution in [0.3, 0.4) is 0 Å². The lowest BCUT2D eigenvalue weighted by atomic mass is 10.3. The minimum atomic E-state index is -3.91. The molecule has 1 rings (SSSR count). The minimum absolute atomic E-state index is 0.150. The smallest absolute Gasteiger partial charge is 0.333 e. The van der Waals surface area contributed by atoms with Crippen LogP contribution >= 0.6 is 0 Å². The summed E-state index contributed by atoms with van der Waals surface area (Å²) in [5.41, 5.74) is 0.568. The number of hydrogen-bond acceptors (Lipinski definition) is 5. The van der Waals surface area contributed by atoms with Gasteiger partial charge in [-0.05, 0) is 6.07 Å². The summed E-state index contributed by atoms with van der Waals surface area (Å²) < 4.78 is 30.2. The fraction of sp³-hybridized carbons (Fsp3) is 0.286. The van der Waals surface area contributed by atoms with Gasteiger partial charge in [-0.3, -0.25) is 9.17 Å². The van der Waals surface area contributed by atoms with E-state index in [0.29, 0.717) is 11.3 Å². The zero-order valence-corrected chi connectivity index (χ0v) is 8.32. The van der Waals surface area contributed by atoms with Crippen LogP contribution in [0.4, 0.5) is 0 Å². The summed E-state index contributed by atoms with van der Waals surface area (Å²) in [7, 11) is -2.42. The maximum Gasteiger partial charge on any atom is 0.333 e. The van der Waals surface area contributed by atoms with E-state index in [0.717, 1.165) is 0 Å². The molecule has 0 spiro atoms. The molecule has 0 amide bonds. The van der Waals surface area contributed by atoms with Crippen molar-refractivity contribution in [2.24, 2.45) is 5.14 Å². The Morgan fingerprint density at radius 3 is 2.79 bits per heavy atom. The molecule has 0 aliphatic heterocycles. The molecule has 0 fully saturated rings. The van der Waals surface area contributed by atoms with Gasteiger partial charge in [0.05, 0.1) is 19.9 Å². The van der Waals surface area contributed by atoms with Crippen molar-refractivity contribution in [2.45, 2.75) is 6.61 Å². The lowest BCUT2D eigenvalue weighted by molar-refractivity contribution is 0.307. The average Bonchev–Trinajstić information content (AvgIpc) is 2.14. The first kappa shape index (κ1) is 10.9. The molecule has 0 aromatic carbocycles. The largest absolute Gasteiger partial charge is 0.495 e. The Bertz CT molecular complexity index is 404. The van der Waals surface area contributed by atoms with Gasteiger partial charge in [-0.2, -0.15) is 8.42 Å². The standard InChI is InChI=1S/C7H10N2O4S/c1-12-7-2-6(3-9-4-7)5-13-14(8,10)11/h2-4H,5H2,1H3,(H2,8,10,11). The van der Waals surface area contributed by atoms with Gasteiger partial charge in [0.15, 0.2) is 0 Å². The van der Waals surface area contributed by atoms with Gasteiger partial charge in [-0.15, -0.1) is 0 Å². The van der Waals surface area contributed by atoms with Crippen LogP contribution in [-0.2, 0) is 21.1 Å². The van der Waals surface area contributed by atoms with Crippen molar-refractivity contribution in [2.75, 3.05) is 7.11 Å². The van der Waals surface area contributed by atoms with E-state index in [2.05, 4.69) is 14.3 Å². The van der Waals surface area contributed by atoms with Crippen LogP contribution < -0.4 is 9.88 Å². The Kier molecular flexibility index (Phi) is 3.39. The highest BCUT2D eigenvalue weighted by Gasteiger charge is 2.03. The first-order valence-electron chi connectivity index (χ1n) is 3.66. The number of methoxy groups -OCH3 is 1. The van der Waals surface area contributed by atoms with Crippen molar-refractivity contribution < 1.29 is 17.3 Å². The molecular weight excluding hydrogens is 208 g/mol. The lowest BCUT2D eigenvalue weighted by Crippen LogP contribution is -2.15. The maximum absolute atomic E-state index is 10.5. The van der Waals surface area contributed by atoms with E-state index < -0.39 is 10.3 Å². The summed E-state index contributed by atoms with van der Waals surface area (Å²) in [4.78, 5) is 3.82. The fourth-order valence-electron chi connectivity index (χ4n) is 0.804. The third-order valence-electron chi connectivity index (χ3n) is 1.40. The molecule has 1 aromatic rings. The van der Waals surface area contributed by atoms with Crippen LogP contribution in [0, 0.1) is 0 Å². The molecule has 0 aliphatic rings. The van der Waals surface area contributed by atoms with Crippen LogP contribution in [0.1, 0.15) is 5.56 Å². The summed E-state index contributed by atoms with van der Waals surface area (Å²) in [6.07, 6.45) is 2.97. The van der Waals surface area contributed by atoms with Gasteiger partial charge in [-0.25, -0.2) is 5.14 Å². The van der Waals surface area contributed by atoms with Gasteiger partial charge >= 0.3 is 10.3 Å². The maximum atomic E-state index is 10.5. The summed E-state index contributed by atoms with van der Waals surface area (Å²) in [6.45, 7) is -0.150. The number of pyridine rings is 1. The number of nitrogens with zero attached hydrogens (tertiary/aromatic N) is 1. The van der Waals surface area contributed by atoms with Gasteiger partial charge in [0.25, 0.3) is 0 Å². The highest BCUT2D eigenvalue weighted by atomic mass is 32.2. The van der Waals surface area contributed by atoms with Gasteiger partial charge in [0.1, 0.15) is 5.75 Å². The molecule has 7 heteroatoms. The Morgan fingerprint density at radius 1 is 1.50 bits per heavy atom. The number of ether oxygens (including phenoxy) is 1. The van der Waals surface area contributed by atoms with Crippen molar-refractivity contribution in [1.29, 1.82) is 0 Å². The van der Waals surface area contributed by atoms with Gasteiger partial charge in [-0.1, -0.05) is 0 Å². The molecule has 78 valence electrons. The van der Waals surface area contributed by atoms with Crippen molar-refractivity contribution in [3.05, 3.63) is 24.0 Å². The number of nitrogens with two attached hydrogens (primary N) is 1. The zero-order chi connectivity index (χ0) is 10.6. The second-order valence-corrected chi connectivity index (χ2v) is 3.71. The monoisotopic (exact) mass is 218 g/mol. The third-order valence-corrected chi connectivity index (χ3v) is 1.84. The molecule has 0 atom stereocenters. The summed E-state index contributed by atoms with van der Waals surface area (Å²) in [5, 5.41) is 4.65. The van der Waals surface area contributed by atoms with E-state index in [9.17, 15) is 8.42 Å². The normalized spacial score (nSPS) is 11.3. The van der Waals surface area contributed by atoms with Crippen LogP contribution in [-0.4, -0.2) is 20.5 Å². The van der Waals surface area contributed by atoms with E-state index in [-0.39, 0.29) is 6.61 Å². The average molecular weight is 218 g/mol. The predicted molar refractivity (Wildman–Crippen MR) is 48.7 cm³/mol. The molecule has 2 N–H and O–H groups in total. The second-order valence-electron chi connectivity index (χ2n) is 2.49. The third kappa shape index (κ3) is 3.69. The molecule has 6 nitrogen and oxygen atoms in total. The van der Waals surface area contributed by atoms with Gasteiger partial charge in [0.2, 0.25) is 0 Å². The zero-order valence-electron chi connectivity index (χ0n) is 7.50. The first-order valence-corrected chi connectivity index (χ1v) is 5.13. The SMILES string of the molecule is COc1cncc(COS(N)(=O)=O)c1. The summed E-state index contributed by atoms with van der Waals surface area (Å²) in [5.74, 6) is 0.528. The quantitative estimate of drug-likeness (QED) is 0.756. The Morgan fingerprint density at radius 2 is 2.21 bits per heavy atom. The van der Waals surface area contributed by atoms with E-state index in [1.54, 1.807) is 6.07 Å². The highest BCUT2D eigenvalue weighted by molar-refractivity contribution is 7.84. The molecular formula is C7H10N2O4S. The highest BCUT2D eigenvalue weighted by Crippen LogP contribution is 2.11. The molecule has 0 unspecified atom stereocenters. The van der Waals surface area contributed by atoms with E-state index in [1.807, 2.05) is 0 Å². The minimum Gasteiger partial charge on any atom is -0.495 e. The topological polar surface area (TPSA) is 91.5 Å². The summed E-state index contributed by atoms with van der Waals surface area (Å²) in [6, 6.07) is 1.61. The molecule has 1 heterocycles. The van der Waals surface area contributed by atoms with Gasteiger partial charge < -0.3 is 4.74 Å². The number of hydrogen-bond donors (Lipinski definition) is 1. The first-order chi connectivity index (χ1) is 6.51. The molecule has 0 aliphatic carbocycles. The molecule has 0 radical (unpaired) electrons. The number of rotatable bonds is 4. The molecule has 0 bridgehead atoms. The van der Waals surface area contributed by atoms with Crippen LogP contribution in [0.25, 0.3) is 0 Å². The van der Waals surface area contributed by atoms with Crippen molar-refractivity contribution >= 4 is 10.3 Å². The van der Waals surface area contributed by atoms with Crippen LogP contribution in [0.2, 0.25) is 0 Å². The molecule has 0 saturated heterocycles. The Hall–Kier alpha value is -1.18. The Labute approximate surface area is 81.9 Å². The van der Waals surface area contributed by atoms with Crippen molar-refractivity contribution in [3.8, 4) is 5.75 Å². The number of aromatic nitrogens is 1. The van der Waals surface area contributed by atoms with E-state index in [1.165, 1.54) is 19.5 Å². The second kappa shape index (κ2) is 4.36.